The zero-order chi connectivity index (χ0) is 14.8. The van der Waals surface area contributed by atoms with Crippen LogP contribution in [0.3, 0.4) is 0 Å². The number of piperazine rings is 1. The average molecular weight is 289 g/mol. The molecule has 0 radical (unpaired) electrons. The number of nitrogens with zero attached hydrogens (tertiary/aromatic N) is 2. The lowest BCUT2D eigenvalue weighted by molar-refractivity contribution is 0.0591. The molecule has 2 aromatic rings. The molecule has 1 aliphatic rings. The van der Waals surface area contributed by atoms with Gasteiger partial charge in [-0.2, -0.15) is 0 Å². The number of nitrogens with one attached hydrogen (secondary N) is 1. The van der Waals surface area contributed by atoms with Crippen LogP contribution in [0.4, 0.5) is 4.39 Å². The monoisotopic (exact) mass is 289 g/mol. The molecule has 1 aliphatic heterocycles. The molecule has 1 N–H and O–H groups in total. The van der Waals surface area contributed by atoms with Gasteiger partial charge in [-0.25, -0.2) is 4.39 Å². The SMILES string of the molecule is Cc1cc(C(=O)N2CCNCC2c2cccc(F)c2)on1. The van der Waals surface area contributed by atoms with Crippen LogP contribution in [0.15, 0.2) is 34.9 Å². The molecule has 0 aliphatic carbocycles. The van der Waals surface area contributed by atoms with E-state index in [1.165, 1.54) is 12.1 Å². The molecule has 2 heterocycles. The number of halogens is 1. The molecule has 3 rings (SSSR count). The summed E-state index contributed by atoms with van der Waals surface area (Å²) in [5.41, 5.74) is 1.43. The third-order valence-electron chi connectivity index (χ3n) is 3.58. The van der Waals surface area contributed by atoms with E-state index in [-0.39, 0.29) is 23.5 Å². The van der Waals surface area contributed by atoms with Crippen LogP contribution in [0.1, 0.15) is 27.9 Å². The maximum absolute atomic E-state index is 13.4. The fourth-order valence-corrected chi connectivity index (χ4v) is 2.56. The molecule has 0 spiro atoms. The summed E-state index contributed by atoms with van der Waals surface area (Å²) in [6.45, 7) is 3.59. The average Bonchev–Trinajstić information content (AvgIpc) is 2.93. The van der Waals surface area contributed by atoms with Crippen molar-refractivity contribution in [2.45, 2.75) is 13.0 Å². The zero-order valence-corrected chi connectivity index (χ0v) is 11.7. The first-order valence-electron chi connectivity index (χ1n) is 6.85. The first-order chi connectivity index (χ1) is 10.1. The summed E-state index contributed by atoms with van der Waals surface area (Å²) in [6.07, 6.45) is 0. The van der Waals surface area contributed by atoms with E-state index in [2.05, 4.69) is 10.5 Å². The Kier molecular flexibility index (Phi) is 3.70. The van der Waals surface area contributed by atoms with Crippen LogP contribution in [0.5, 0.6) is 0 Å². The maximum Gasteiger partial charge on any atom is 0.293 e. The molecule has 1 saturated heterocycles. The van der Waals surface area contributed by atoms with Gasteiger partial charge in [-0.3, -0.25) is 4.79 Å². The Morgan fingerprint density at radius 3 is 3.05 bits per heavy atom. The van der Waals surface area contributed by atoms with Crippen LogP contribution in [0.2, 0.25) is 0 Å². The lowest BCUT2D eigenvalue weighted by Gasteiger charge is -2.35. The van der Waals surface area contributed by atoms with Crippen molar-refractivity contribution in [3.63, 3.8) is 0 Å². The lowest BCUT2D eigenvalue weighted by Crippen LogP contribution is -2.48. The van der Waals surface area contributed by atoms with Crippen molar-refractivity contribution in [2.75, 3.05) is 19.6 Å². The molecular weight excluding hydrogens is 273 g/mol. The van der Waals surface area contributed by atoms with Gasteiger partial charge in [0.25, 0.3) is 5.91 Å². The highest BCUT2D eigenvalue weighted by Crippen LogP contribution is 2.24. The summed E-state index contributed by atoms with van der Waals surface area (Å²) in [6, 6.07) is 7.74. The van der Waals surface area contributed by atoms with E-state index in [9.17, 15) is 9.18 Å². The van der Waals surface area contributed by atoms with E-state index in [0.29, 0.717) is 25.3 Å². The number of rotatable bonds is 2. The molecule has 1 amide bonds. The van der Waals surface area contributed by atoms with Gasteiger partial charge in [0.2, 0.25) is 5.76 Å². The van der Waals surface area contributed by atoms with Crippen molar-refractivity contribution in [3.05, 3.63) is 53.2 Å². The molecule has 110 valence electrons. The molecule has 21 heavy (non-hydrogen) atoms. The van der Waals surface area contributed by atoms with Crippen LogP contribution < -0.4 is 5.32 Å². The third kappa shape index (κ3) is 2.80. The number of benzene rings is 1. The number of hydrogen-bond donors (Lipinski definition) is 1. The molecule has 1 unspecified atom stereocenters. The number of aromatic nitrogens is 1. The first kappa shape index (κ1) is 13.8. The molecule has 0 saturated carbocycles. The van der Waals surface area contributed by atoms with Gasteiger partial charge in [-0.05, 0) is 24.6 Å². The minimum Gasteiger partial charge on any atom is -0.351 e. The predicted octanol–water partition coefficient (Wildman–Crippen LogP) is 1.91. The topological polar surface area (TPSA) is 58.4 Å². The Morgan fingerprint density at radius 2 is 2.33 bits per heavy atom. The van der Waals surface area contributed by atoms with Crippen molar-refractivity contribution >= 4 is 5.91 Å². The Hall–Kier alpha value is -2.21. The summed E-state index contributed by atoms with van der Waals surface area (Å²) in [5, 5.41) is 6.98. The standard InChI is InChI=1S/C15H16FN3O2/c1-10-7-14(21-18-10)15(20)19-6-5-17-9-13(19)11-3-2-4-12(16)8-11/h2-4,7-8,13,17H,5-6,9H2,1H3. The van der Waals surface area contributed by atoms with Gasteiger partial charge in [0.15, 0.2) is 0 Å². The molecule has 1 atom stereocenters. The Bertz CT molecular complexity index is 656. The molecule has 0 bridgehead atoms. The Morgan fingerprint density at radius 1 is 1.48 bits per heavy atom. The van der Waals surface area contributed by atoms with Crippen LogP contribution >= 0.6 is 0 Å². The zero-order valence-electron chi connectivity index (χ0n) is 11.7. The first-order valence-corrected chi connectivity index (χ1v) is 6.85. The largest absolute Gasteiger partial charge is 0.351 e. The fraction of sp³-hybridized carbons (Fsp3) is 0.333. The normalized spacial score (nSPS) is 18.8. The van der Waals surface area contributed by atoms with Gasteiger partial charge in [0.05, 0.1) is 11.7 Å². The van der Waals surface area contributed by atoms with E-state index < -0.39 is 0 Å². The van der Waals surface area contributed by atoms with E-state index in [4.69, 9.17) is 4.52 Å². The second-order valence-electron chi connectivity index (χ2n) is 5.11. The smallest absolute Gasteiger partial charge is 0.293 e. The second kappa shape index (κ2) is 5.65. The summed E-state index contributed by atoms with van der Waals surface area (Å²) < 4.78 is 18.5. The van der Waals surface area contributed by atoms with Gasteiger partial charge in [0.1, 0.15) is 5.82 Å². The van der Waals surface area contributed by atoms with Crippen molar-refractivity contribution in [1.82, 2.24) is 15.4 Å². The number of aryl methyl sites for hydroxylation is 1. The minimum atomic E-state index is -0.305. The van der Waals surface area contributed by atoms with Gasteiger partial charge < -0.3 is 14.7 Å². The predicted molar refractivity (Wildman–Crippen MR) is 74.3 cm³/mol. The maximum atomic E-state index is 13.4. The van der Waals surface area contributed by atoms with Crippen LogP contribution in [0, 0.1) is 12.7 Å². The molecular formula is C15H16FN3O2. The molecule has 1 aromatic carbocycles. The van der Waals surface area contributed by atoms with Crippen molar-refractivity contribution < 1.29 is 13.7 Å². The van der Waals surface area contributed by atoms with Gasteiger partial charge >= 0.3 is 0 Å². The highest BCUT2D eigenvalue weighted by Gasteiger charge is 2.30. The number of carbonyl (C=O) groups excluding carboxylic acids is 1. The summed E-state index contributed by atoms with van der Waals surface area (Å²) >= 11 is 0. The summed E-state index contributed by atoms with van der Waals surface area (Å²) in [5.74, 6) is -0.303. The van der Waals surface area contributed by atoms with Gasteiger partial charge in [0, 0.05) is 25.7 Å². The van der Waals surface area contributed by atoms with E-state index in [1.807, 2.05) is 6.07 Å². The van der Waals surface area contributed by atoms with E-state index in [1.54, 1.807) is 24.0 Å². The fourth-order valence-electron chi connectivity index (χ4n) is 2.56. The summed E-state index contributed by atoms with van der Waals surface area (Å²) in [4.78, 5) is 14.3. The van der Waals surface area contributed by atoms with Crippen molar-refractivity contribution in [1.29, 1.82) is 0 Å². The van der Waals surface area contributed by atoms with Crippen LogP contribution in [-0.4, -0.2) is 35.6 Å². The highest BCUT2D eigenvalue weighted by atomic mass is 19.1. The Balaban J connectivity index is 1.89. The van der Waals surface area contributed by atoms with Crippen LogP contribution in [-0.2, 0) is 0 Å². The van der Waals surface area contributed by atoms with Gasteiger partial charge in [-0.1, -0.05) is 17.3 Å². The molecule has 5 nitrogen and oxygen atoms in total. The van der Waals surface area contributed by atoms with E-state index >= 15 is 0 Å². The number of amides is 1. The Labute approximate surface area is 121 Å². The lowest BCUT2D eigenvalue weighted by atomic mass is 10.0. The van der Waals surface area contributed by atoms with E-state index in [0.717, 1.165) is 5.56 Å². The second-order valence-corrected chi connectivity index (χ2v) is 5.11. The highest BCUT2D eigenvalue weighted by molar-refractivity contribution is 5.91. The number of carbonyl (C=O) groups is 1. The van der Waals surface area contributed by atoms with Gasteiger partial charge in [-0.15, -0.1) is 0 Å². The van der Waals surface area contributed by atoms with Crippen molar-refractivity contribution in [3.8, 4) is 0 Å². The molecule has 1 aromatic heterocycles. The molecule has 1 fully saturated rings. The minimum absolute atomic E-state index is 0.215. The van der Waals surface area contributed by atoms with Crippen molar-refractivity contribution in [2.24, 2.45) is 0 Å². The third-order valence-corrected chi connectivity index (χ3v) is 3.58. The van der Waals surface area contributed by atoms with Crippen LogP contribution in [0.25, 0.3) is 0 Å². The summed E-state index contributed by atoms with van der Waals surface area (Å²) in [7, 11) is 0. The molecule has 6 heteroatoms. The number of hydrogen-bond acceptors (Lipinski definition) is 4. The quantitative estimate of drug-likeness (QED) is 0.917.